The molecular weight excluding hydrogens is 785 g/mol. The van der Waals surface area contributed by atoms with Gasteiger partial charge >= 0.3 is 35.2 Å². The molecule has 1 heterocycles. The van der Waals surface area contributed by atoms with Crippen molar-refractivity contribution in [3.05, 3.63) is 121 Å². The molecule has 1 aliphatic rings. The predicted molar refractivity (Wildman–Crippen MR) is 229 cm³/mol. The van der Waals surface area contributed by atoms with Crippen LogP contribution in [0.4, 0.5) is 0 Å². The monoisotopic (exact) mass is 840 g/mol. The van der Waals surface area contributed by atoms with Gasteiger partial charge in [0.1, 0.15) is 0 Å². The number of hydrogen-bond donors (Lipinski definition) is 0. The maximum Gasteiger partial charge on any atom is 0.512 e. The zero-order valence-electron chi connectivity index (χ0n) is 32.8. The van der Waals surface area contributed by atoms with E-state index in [-0.39, 0.29) is 0 Å². The topological polar surface area (TPSA) is 73.8 Å². The van der Waals surface area contributed by atoms with Crippen LogP contribution in [0.5, 0.6) is 0 Å². The normalized spacial score (nSPS) is 26.4. The Morgan fingerprint density at radius 2 is 0.442 bits per heavy atom. The Hall–Kier alpha value is -1.70. The summed E-state index contributed by atoms with van der Waals surface area (Å²) in [6.45, 7) is 25.9. The molecule has 0 atom stereocenters. The van der Waals surface area contributed by atoms with Crippen LogP contribution in [-0.4, -0.2) is 68.5 Å². The zero-order valence-corrected chi connectivity index (χ0v) is 40.8. The highest BCUT2D eigenvalue weighted by atomic mass is 28.6. The standard InChI is InChI=1S/C36H56O8Si8/c1-45(2,3)37-49(33-25-17-13-18-26-33)41-50(38-46(4,5)6,34-27-19-14-20-28-34)43-52(40-48(10,11)12,36-31-23-16-24-32-36)44-51(42-49,39-47(7,8)9)35-29-21-15-22-30-35/h13-32H,1-12H3. The molecule has 8 nitrogen and oxygen atoms in total. The molecule has 0 aromatic heterocycles. The third-order valence-electron chi connectivity index (χ3n) is 7.35. The highest BCUT2D eigenvalue weighted by Gasteiger charge is 2.72. The minimum absolute atomic E-state index is 0.795. The summed E-state index contributed by atoms with van der Waals surface area (Å²) >= 11 is 0. The van der Waals surface area contributed by atoms with E-state index in [1.165, 1.54) is 0 Å². The van der Waals surface area contributed by atoms with Crippen molar-refractivity contribution in [2.75, 3.05) is 0 Å². The third-order valence-corrected chi connectivity index (χ3v) is 34.2. The van der Waals surface area contributed by atoms with Crippen molar-refractivity contribution in [3.8, 4) is 0 Å². The van der Waals surface area contributed by atoms with Crippen molar-refractivity contribution in [1.29, 1.82) is 0 Å². The van der Waals surface area contributed by atoms with Gasteiger partial charge in [-0.3, -0.25) is 0 Å². The molecule has 1 fully saturated rings. The maximum absolute atomic E-state index is 7.89. The Kier molecular flexibility index (Phi) is 12.3. The quantitative estimate of drug-likeness (QED) is 0.144. The van der Waals surface area contributed by atoms with Crippen molar-refractivity contribution < 1.29 is 32.9 Å². The summed E-state index contributed by atoms with van der Waals surface area (Å²) < 4.78 is 61.3. The fourth-order valence-corrected chi connectivity index (χ4v) is 39.0. The zero-order chi connectivity index (χ0) is 38.1. The third kappa shape index (κ3) is 10.3. The van der Waals surface area contributed by atoms with Crippen LogP contribution in [0.15, 0.2) is 121 Å². The smallest absolute Gasteiger partial charge is 0.413 e. The molecule has 4 aromatic carbocycles. The molecule has 5 rings (SSSR count). The van der Waals surface area contributed by atoms with Gasteiger partial charge in [0, 0.05) is 20.7 Å². The molecule has 0 aliphatic carbocycles. The number of hydrogen-bond acceptors (Lipinski definition) is 8. The van der Waals surface area contributed by atoms with Crippen molar-refractivity contribution in [3.63, 3.8) is 0 Å². The Bertz CT molecular complexity index is 1470. The van der Waals surface area contributed by atoms with Crippen LogP contribution >= 0.6 is 0 Å². The van der Waals surface area contributed by atoms with Gasteiger partial charge in [0.2, 0.25) is 0 Å². The Balaban J connectivity index is 2.01. The lowest BCUT2D eigenvalue weighted by Crippen LogP contribution is -2.84. The summed E-state index contributed by atoms with van der Waals surface area (Å²) in [5.74, 6) is 0. The van der Waals surface area contributed by atoms with Gasteiger partial charge in [-0.05, 0) is 78.6 Å². The van der Waals surface area contributed by atoms with Gasteiger partial charge in [0.25, 0.3) is 0 Å². The van der Waals surface area contributed by atoms with Gasteiger partial charge in [0.05, 0.1) is 0 Å². The lowest BCUT2D eigenvalue weighted by molar-refractivity contribution is 0.104. The minimum Gasteiger partial charge on any atom is -0.413 e. The molecule has 0 unspecified atom stereocenters. The highest BCUT2D eigenvalue weighted by molar-refractivity contribution is 7.06. The Morgan fingerprint density at radius 3 is 0.577 bits per heavy atom. The van der Waals surface area contributed by atoms with Crippen molar-refractivity contribution in [2.45, 2.75) is 78.6 Å². The first-order valence-electron chi connectivity index (χ1n) is 17.9. The molecule has 0 amide bonds. The van der Waals surface area contributed by atoms with Crippen LogP contribution in [-0.2, 0) is 32.9 Å². The SMILES string of the molecule is C[Si](C)(C)O[Si]1(c2ccccc2)O[Si](O[Si](C)(C)C)(c2ccccc2)O[Si](O[Si](C)(C)C)(c2ccccc2)O[Si](O[Si](C)(C)C)(c2ccccc2)O1. The number of rotatable bonds is 12. The highest BCUT2D eigenvalue weighted by Crippen LogP contribution is 2.38. The predicted octanol–water partition coefficient (Wildman–Crippen LogP) is 6.86. The molecule has 52 heavy (non-hydrogen) atoms. The van der Waals surface area contributed by atoms with Gasteiger partial charge < -0.3 is 32.9 Å². The molecule has 16 heteroatoms. The molecule has 4 aromatic rings. The second kappa shape index (κ2) is 15.4. The van der Waals surface area contributed by atoms with Crippen LogP contribution in [0.1, 0.15) is 0 Å². The van der Waals surface area contributed by atoms with E-state index in [1.54, 1.807) is 0 Å². The van der Waals surface area contributed by atoms with E-state index in [9.17, 15) is 0 Å². The van der Waals surface area contributed by atoms with Crippen molar-refractivity contribution in [1.82, 2.24) is 0 Å². The van der Waals surface area contributed by atoms with Crippen LogP contribution in [0.2, 0.25) is 78.6 Å². The van der Waals surface area contributed by atoms with E-state index in [2.05, 4.69) is 78.6 Å². The lowest BCUT2D eigenvalue weighted by atomic mass is 10.4. The van der Waals surface area contributed by atoms with E-state index < -0.39 is 68.5 Å². The van der Waals surface area contributed by atoms with E-state index in [0.717, 1.165) is 20.7 Å². The van der Waals surface area contributed by atoms with E-state index in [1.807, 2.05) is 121 Å². The fraction of sp³-hybridized carbons (Fsp3) is 0.333. The molecule has 0 spiro atoms. The first-order chi connectivity index (χ1) is 24.1. The Morgan fingerprint density at radius 1 is 0.288 bits per heavy atom. The van der Waals surface area contributed by atoms with Crippen LogP contribution in [0.25, 0.3) is 0 Å². The molecule has 0 radical (unpaired) electrons. The molecule has 1 saturated heterocycles. The summed E-state index contributed by atoms with van der Waals surface area (Å²) in [5.41, 5.74) is 0. The van der Waals surface area contributed by atoms with Crippen LogP contribution in [0, 0.1) is 0 Å². The summed E-state index contributed by atoms with van der Waals surface area (Å²) in [6.07, 6.45) is 0. The first-order valence-corrected chi connectivity index (χ1v) is 38.4. The van der Waals surface area contributed by atoms with E-state index in [4.69, 9.17) is 32.9 Å². The second-order valence-electron chi connectivity index (χ2n) is 17.0. The molecule has 0 N–H and O–H groups in total. The summed E-state index contributed by atoms with van der Waals surface area (Å²) in [6, 6.07) is 40.2. The van der Waals surface area contributed by atoms with Gasteiger partial charge in [0.15, 0.2) is 33.3 Å². The average molecular weight is 842 g/mol. The molecular formula is C36H56O8Si8. The van der Waals surface area contributed by atoms with E-state index in [0.29, 0.717) is 0 Å². The molecule has 1 aliphatic heterocycles. The van der Waals surface area contributed by atoms with E-state index >= 15 is 0 Å². The lowest BCUT2D eigenvalue weighted by Gasteiger charge is -2.53. The van der Waals surface area contributed by atoms with Gasteiger partial charge in [-0.25, -0.2) is 0 Å². The van der Waals surface area contributed by atoms with Crippen LogP contribution in [0.3, 0.4) is 0 Å². The first kappa shape index (κ1) is 41.5. The Labute approximate surface area is 320 Å². The minimum atomic E-state index is -4.13. The summed E-state index contributed by atoms with van der Waals surface area (Å²) in [5, 5.41) is 3.18. The molecule has 280 valence electrons. The van der Waals surface area contributed by atoms with Crippen LogP contribution < -0.4 is 20.7 Å². The van der Waals surface area contributed by atoms with Gasteiger partial charge in [-0.1, -0.05) is 121 Å². The second-order valence-corrected chi connectivity index (χ2v) is 47.1. The molecule has 0 saturated carbocycles. The number of benzene rings is 4. The maximum atomic E-state index is 7.89. The van der Waals surface area contributed by atoms with Crippen molar-refractivity contribution in [2.24, 2.45) is 0 Å². The summed E-state index contributed by atoms with van der Waals surface area (Å²) in [7, 11) is -26.4. The fourth-order valence-electron chi connectivity index (χ4n) is 5.85. The van der Waals surface area contributed by atoms with Crippen molar-refractivity contribution >= 4 is 89.2 Å². The summed E-state index contributed by atoms with van der Waals surface area (Å²) in [4.78, 5) is 0. The average Bonchev–Trinajstić information content (AvgIpc) is 3.02. The van der Waals surface area contributed by atoms with Gasteiger partial charge in [-0.15, -0.1) is 0 Å². The molecule has 0 bridgehead atoms. The van der Waals surface area contributed by atoms with Gasteiger partial charge in [-0.2, -0.15) is 0 Å². The largest absolute Gasteiger partial charge is 0.512 e.